The van der Waals surface area contributed by atoms with Crippen LogP contribution in [0.5, 0.6) is 5.75 Å². The monoisotopic (exact) mass is 441 g/mol. The number of amides is 1. The number of carbonyl (C=O) groups is 1. The number of nitrogens with zero attached hydrogens (tertiary/aromatic N) is 4. The SMILES string of the molecule is C.Cn1cc(-c2cc(OC3CCN(C(=O)OC(C)(C)C)CC3)c3c(=O)[nH]cnc3c2)cn1. The van der Waals surface area contributed by atoms with Gasteiger partial charge in [0, 0.05) is 44.7 Å². The zero-order valence-corrected chi connectivity index (χ0v) is 18.2. The van der Waals surface area contributed by atoms with Crippen LogP contribution in [0.15, 0.2) is 35.6 Å². The maximum Gasteiger partial charge on any atom is 0.410 e. The number of aromatic nitrogens is 4. The van der Waals surface area contributed by atoms with E-state index in [1.165, 1.54) is 6.33 Å². The molecular weight excluding hydrogens is 410 g/mol. The zero-order valence-electron chi connectivity index (χ0n) is 18.2. The van der Waals surface area contributed by atoms with Crippen LogP contribution < -0.4 is 10.3 Å². The van der Waals surface area contributed by atoms with Gasteiger partial charge in [-0.05, 0) is 38.5 Å². The number of carbonyl (C=O) groups excluding carboxylic acids is 1. The number of rotatable bonds is 3. The highest BCUT2D eigenvalue weighted by atomic mass is 16.6. The highest BCUT2D eigenvalue weighted by Crippen LogP contribution is 2.31. The van der Waals surface area contributed by atoms with E-state index < -0.39 is 5.60 Å². The lowest BCUT2D eigenvalue weighted by Crippen LogP contribution is -2.44. The van der Waals surface area contributed by atoms with E-state index in [1.807, 2.05) is 46.1 Å². The summed E-state index contributed by atoms with van der Waals surface area (Å²) < 4.78 is 13.5. The van der Waals surface area contributed by atoms with Crippen LogP contribution in [0.2, 0.25) is 0 Å². The molecule has 2 aromatic heterocycles. The van der Waals surface area contributed by atoms with Gasteiger partial charge in [-0.15, -0.1) is 0 Å². The van der Waals surface area contributed by atoms with Gasteiger partial charge in [0.15, 0.2) is 0 Å². The summed E-state index contributed by atoms with van der Waals surface area (Å²) in [5.41, 5.74) is 1.58. The van der Waals surface area contributed by atoms with Gasteiger partial charge in [0.25, 0.3) is 5.56 Å². The quantitative estimate of drug-likeness (QED) is 0.664. The normalized spacial score (nSPS) is 14.8. The number of fused-ring (bicyclic) bond motifs is 1. The molecule has 0 aliphatic carbocycles. The van der Waals surface area contributed by atoms with E-state index in [2.05, 4.69) is 15.1 Å². The lowest BCUT2D eigenvalue weighted by atomic mass is 10.1. The van der Waals surface area contributed by atoms with Crippen molar-refractivity contribution >= 4 is 17.0 Å². The second-order valence-electron chi connectivity index (χ2n) is 8.79. The molecule has 0 bridgehead atoms. The van der Waals surface area contributed by atoms with Crippen molar-refractivity contribution in [2.45, 2.75) is 52.7 Å². The number of H-pyrrole nitrogens is 1. The van der Waals surface area contributed by atoms with Gasteiger partial charge in [0.2, 0.25) is 0 Å². The Balaban J connectivity index is 0.00000289. The summed E-state index contributed by atoms with van der Waals surface area (Å²) in [6, 6.07) is 3.72. The maximum atomic E-state index is 12.5. The summed E-state index contributed by atoms with van der Waals surface area (Å²) in [6.45, 7) is 6.63. The summed E-state index contributed by atoms with van der Waals surface area (Å²) in [7, 11) is 1.85. The van der Waals surface area contributed by atoms with Crippen LogP contribution in [0.4, 0.5) is 4.79 Å². The molecule has 1 aliphatic rings. The van der Waals surface area contributed by atoms with E-state index >= 15 is 0 Å². The number of ether oxygens (including phenoxy) is 2. The van der Waals surface area contributed by atoms with Crippen molar-refractivity contribution in [1.82, 2.24) is 24.6 Å². The van der Waals surface area contributed by atoms with E-state index in [0.717, 1.165) is 11.1 Å². The molecule has 1 saturated heterocycles. The summed E-state index contributed by atoms with van der Waals surface area (Å²) in [6.07, 6.45) is 5.92. The molecule has 1 aliphatic heterocycles. The molecule has 9 heteroatoms. The molecule has 0 atom stereocenters. The fourth-order valence-electron chi connectivity index (χ4n) is 3.66. The molecule has 4 rings (SSSR count). The zero-order chi connectivity index (χ0) is 22.2. The van der Waals surface area contributed by atoms with Crippen molar-refractivity contribution in [3.05, 3.63) is 41.2 Å². The minimum atomic E-state index is -0.524. The van der Waals surface area contributed by atoms with Crippen molar-refractivity contribution in [2.24, 2.45) is 7.05 Å². The molecule has 0 saturated carbocycles. The molecule has 32 heavy (non-hydrogen) atoms. The first kappa shape index (κ1) is 23.3. The molecular formula is C23H31N5O4. The van der Waals surface area contributed by atoms with Gasteiger partial charge >= 0.3 is 6.09 Å². The van der Waals surface area contributed by atoms with Gasteiger partial charge < -0.3 is 19.4 Å². The minimum absolute atomic E-state index is 0. The maximum absolute atomic E-state index is 12.5. The molecule has 3 heterocycles. The summed E-state index contributed by atoms with van der Waals surface area (Å²) >= 11 is 0. The van der Waals surface area contributed by atoms with Crippen LogP contribution in [-0.4, -0.2) is 55.5 Å². The number of benzene rings is 1. The predicted molar refractivity (Wildman–Crippen MR) is 123 cm³/mol. The van der Waals surface area contributed by atoms with Crippen LogP contribution in [0.3, 0.4) is 0 Å². The van der Waals surface area contributed by atoms with E-state index in [0.29, 0.717) is 42.6 Å². The summed E-state index contributed by atoms with van der Waals surface area (Å²) in [5, 5.41) is 4.65. The molecule has 0 unspecified atom stereocenters. The topological polar surface area (TPSA) is 102 Å². The number of likely N-dealkylation sites (tertiary alicyclic amines) is 1. The number of hydrogen-bond donors (Lipinski definition) is 1. The third-order valence-corrected chi connectivity index (χ3v) is 5.13. The first-order valence-electron chi connectivity index (χ1n) is 10.3. The molecule has 1 N–H and O–H groups in total. The van der Waals surface area contributed by atoms with Gasteiger partial charge in [-0.2, -0.15) is 5.10 Å². The Kier molecular flexibility index (Phi) is 6.57. The standard InChI is InChI=1S/C22H27N5O4.CH4/c1-22(2,3)31-21(29)27-7-5-16(6-8-27)30-18-10-14(15-11-25-26(4)12-15)9-17-19(18)20(28)24-13-23-17;/h9-13,16H,5-8H2,1-4H3,(H,23,24,28);1H4. The van der Waals surface area contributed by atoms with Crippen LogP contribution >= 0.6 is 0 Å². The molecule has 1 aromatic carbocycles. The Morgan fingerprint density at radius 3 is 2.53 bits per heavy atom. The largest absolute Gasteiger partial charge is 0.489 e. The second kappa shape index (κ2) is 9.02. The fourth-order valence-corrected chi connectivity index (χ4v) is 3.66. The van der Waals surface area contributed by atoms with Crippen LogP contribution in [0.25, 0.3) is 22.0 Å². The van der Waals surface area contributed by atoms with Gasteiger partial charge in [-0.3, -0.25) is 9.48 Å². The third kappa shape index (κ3) is 5.09. The van der Waals surface area contributed by atoms with E-state index in [9.17, 15) is 9.59 Å². The van der Waals surface area contributed by atoms with Crippen LogP contribution in [0.1, 0.15) is 41.0 Å². The lowest BCUT2D eigenvalue weighted by Gasteiger charge is -2.33. The number of piperidine rings is 1. The molecule has 0 radical (unpaired) electrons. The molecule has 1 fully saturated rings. The highest BCUT2D eigenvalue weighted by Gasteiger charge is 2.28. The van der Waals surface area contributed by atoms with Gasteiger partial charge in [0.05, 0.1) is 18.0 Å². The second-order valence-corrected chi connectivity index (χ2v) is 8.79. The number of aryl methyl sites for hydroxylation is 1. The highest BCUT2D eigenvalue weighted by molar-refractivity contribution is 5.89. The van der Waals surface area contributed by atoms with Crippen LogP contribution in [0, 0.1) is 0 Å². The lowest BCUT2D eigenvalue weighted by molar-refractivity contribution is 0.0128. The van der Waals surface area contributed by atoms with E-state index in [4.69, 9.17) is 9.47 Å². The molecule has 3 aromatic rings. The van der Waals surface area contributed by atoms with Crippen LogP contribution in [-0.2, 0) is 11.8 Å². The Morgan fingerprint density at radius 1 is 1.19 bits per heavy atom. The van der Waals surface area contributed by atoms with Crippen molar-refractivity contribution in [3.8, 4) is 16.9 Å². The first-order chi connectivity index (χ1) is 14.7. The van der Waals surface area contributed by atoms with Crippen molar-refractivity contribution in [2.75, 3.05) is 13.1 Å². The molecule has 9 nitrogen and oxygen atoms in total. The van der Waals surface area contributed by atoms with Crippen molar-refractivity contribution in [1.29, 1.82) is 0 Å². The smallest absolute Gasteiger partial charge is 0.410 e. The number of hydrogen-bond acceptors (Lipinski definition) is 6. The first-order valence-corrected chi connectivity index (χ1v) is 10.3. The Morgan fingerprint density at radius 2 is 1.91 bits per heavy atom. The summed E-state index contributed by atoms with van der Waals surface area (Å²) in [4.78, 5) is 33.5. The molecule has 1 amide bonds. The van der Waals surface area contributed by atoms with E-state index in [1.54, 1.807) is 15.8 Å². The van der Waals surface area contributed by atoms with E-state index in [-0.39, 0.29) is 25.2 Å². The minimum Gasteiger partial charge on any atom is -0.489 e. The number of aromatic amines is 1. The average molecular weight is 442 g/mol. The Labute approximate surface area is 187 Å². The molecule has 0 spiro atoms. The van der Waals surface area contributed by atoms with Crippen molar-refractivity contribution < 1.29 is 14.3 Å². The number of nitrogens with one attached hydrogen (secondary N) is 1. The van der Waals surface area contributed by atoms with Crippen molar-refractivity contribution in [3.63, 3.8) is 0 Å². The molecule has 172 valence electrons. The predicted octanol–water partition coefficient (Wildman–Crippen LogP) is 3.74. The average Bonchev–Trinajstić information content (AvgIpc) is 3.13. The Hall–Kier alpha value is -3.36. The van der Waals surface area contributed by atoms with Gasteiger partial charge in [-0.1, -0.05) is 7.43 Å². The van der Waals surface area contributed by atoms with Gasteiger partial charge in [0.1, 0.15) is 22.8 Å². The summed E-state index contributed by atoms with van der Waals surface area (Å²) in [5.74, 6) is 0.487. The Bertz CT molecular complexity index is 1150. The van der Waals surface area contributed by atoms with Gasteiger partial charge in [-0.25, -0.2) is 9.78 Å². The third-order valence-electron chi connectivity index (χ3n) is 5.13. The fraction of sp³-hybridized carbons (Fsp3) is 0.478.